The maximum Gasteiger partial charge on any atom is 0.238 e. The number of rotatable bonds is 8. The van der Waals surface area contributed by atoms with Crippen LogP contribution in [-0.4, -0.2) is 72.4 Å². The first kappa shape index (κ1) is 23.2. The van der Waals surface area contributed by atoms with E-state index in [1.165, 1.54) is 0 Å². The fourth-order valence-electron chi connectivity index (χ4n) is 4.43. The molecule has 2 aromatic rings. The predicted octanol–water partition coefficient (Wildman–Crippen LogP) is 1.28. The van der Waals surface area contributed by atoms with Crippen LogP contribution in [0, 0.1) is 0 Å². The van der Waals surface area contributed by atoms with E-state index >= 15 is 0 Å². The number of carbonyl (C=O) groups is 2. The van der Waals surface area contributed by atoms with Crippen molar-refractivity contribution in [1.29, 1.82) is 0 Å². The third-order valence-corrected chi connectivity index (χ3v) is 5.90. The van der Waals surface area contributed by atoms with Gasteiger partial charge < -0.3 is 30.1 Å². The Balaban J connectivity index is 1.42. The largest absolute Gasteiger partial charge is 0.487 e. The molecule has 4 atom stereocenters. The second-order valence-electron chi connectivity index (χ2n) is 8.78. The number of nitrogens with zero attached hydrogens (tertiary/aromatic N) is 2. The van der Waals surface area contributed by atoms with Crippen LogP contribution in [0.15, 0.2) is 42.7 Å². The Morgan fingerprint density at radius 3 is 2.70 bits per heavy atom. The summed E-state index contributed by atoms with van der Waals surface area (Å²) in [7, 11) is 3.68. The van der Waals surface area contributed by atoms with Crippen molar-refractivity contribution in [2.24, 2.45) is 0 Å². The van der Waals surface area contributed by atoms with Crippen molar-refractivity contribution in [1.82, 2.24) is 15.2 Å². The van der Waals surface area contributed by atoms with Gasteiger partial charge >= 0.3 is 0 Å². The van der Waals surface area contributed by atoms with Crippen LogP contribution >= 0.6 is 0 Å². The van der Waals surface area contributed by atoms with Crippen molar-refractivity contribution >= 4 is 17.5 Å². The van der Waals surface area contributed by atoms with Crippen LogP contribution in [-0.2, 0) is 20.9 Å². The van der Waals surface area contributed by atoms with Crippen molar-refractivity contribution in [2.45, 2.75) is 43.6 Å². The summed E-state index contributed by atoms with van der Waals surface area (Å²) in [6, 6.07) is 9.28. The van der Waals surface area contributed by atoms with E-state index in [1.54, 1.807) is 17.3 Å². The maximum absolute atomic E-state index is 12.5. The van der Waals surface area contributed by atoms with Crippen LogP contribution in [0.25, 0.3) is 0 Å². The molecule has 9 nitrogen and oxygen atoms in total. The molecule has 3 heterocycles. The van der Waals surface area contributed by atoms with Crippen LogP contribution < -0.4 is 15.4 Å². The second-order valence-corrected chi connectivity index (χ2v) is 8.78. The molecule has 1 aromatic carbocycles. The van der Waals surface area contributed by atoms with Crippen LogP contribution in [0.1, 0.15) is 29.9 Å². The summed E-state index contributed by atoms with van der Waals surface area (Å²) < 4.78 is 12.1. The number of amides is 2. The lowest BCUT2D eigenvalue weighted by Gasteiger charge is -2.37. The summed E-state index contributed by atoms with van der Waals surface area (Å²) in [5.74, 6) is 0.477. The van der Waals surface area contributed by atoms with Gasteiger partial charge in [0.1, 0.15) is 18.0 Å². The van der Waals surface area contributed by atoms with E-state index in [0.29, 0.717) is 18.7 Å². The van der Waals surface area contributed by atoms with Gasteiger partial charge in [0.2, 0.25) is 11.8 Å². The molecule has 2 amide bonds. The molecule has 1 aromatic heterocycles. The zero-order chi connectivity index (χ0) is 23.4. The molecular weight excluding hydrogens is 424 g/mol. The lowest BCUT2D eigenvalue weighted by Crippen LogP contribution is -2.47. The number of hydrogen-bond donors (Lipinski definition) is 3. The van der Waals surface area contributed by atoms with E-state index in [4.69, 9.17) is 9.47 Å². The summed E-state index contributed by atoms with van der Waals surface area (Å²) in [6.45, 7) is 0.513. The first-order valence-corrected chi connectivity index (χ1v) is 11.1. The van der Waals surface area contributed by atoms with E-state index in [1.807, 2.05) is 44.4 Å². The molecule has 0 spiro atoms. The number of likely N-dealkylation sites (N-methyl/N-ethyl adjacent to an activating group) is 1. The Bertz CT molecular complexity index is 984. The normalized spacial score (nSPS) is 23.4. The van der Waals surface area contributed by atoms with Crippen LogP contribution in [0.3, 0.4) is 0 Å². The van der Waals surface area contributed by atoms with Gasteiger partial charge in [0.25, 0.3) is 0 Å². The fourth-order valence-corrected chi connectivity index (χ4v) is 4.43. The maximum atomic E-state index is 12.5. The average molecular weight is 455 g/mol. The van der Waals surface area contributed by atoms with Gasteiger partial charge in [-0.2, -0.15) is 0 Å². The van der Waals surface area contributed by atoms with Crippen molar-refractivity contribution in [3.05, 3.63) is 53.9 Å². The minimum Gasteiger partial charge on any atom is -0.487 e. The summed E-state index contributed by atoms with van der Waals surface area (Å²) in [5.41, 5.74) is 2.63. The number of aliphatic hydroxyl groups is 1. The molecule has 0 saturated carbocycles. The molecule has 176 valence electrons. The highest BCUT2D eigenvalue weighted by atomic mass is 16.6. The Hall–Kier alpha value is -3.01. The van der Waals surface area contributed by atoms with Gasteiger partial charge in [0.05, 0.1) is 25.7 Å². The predicted molar refractivity (Wildman–Crippen MR) is 122 cm³/mol. The van der Waals surface area contributed by atoms with Gasteiger partial charge in [0, 0.05) is 36.1 Å². The minimum absolute atomic E-state index is 0.0328. The number of anilines is 1. The van der Waals surface area contributed by atoms with E-state index in [2.05, 4.69) is 15.6 Å². The van der Waals surface area contributed by atoms with Gasteiger partial charge in [0.15, 0.2) is 0 Å². The number of ether oxygens (including phenoxy) is 2. The average Bonchev–Trinajstić information content (AvgIpc) is 3.15. The monoisotopic (exact) mass is 454 g/mol. The lowest BCUT2D eigenvalue weighted by molar-refractivity contribution is -0.142. The molecule has 1 saturated heterocycles. The van der Waals surface area contributed by atoms with Crippen molar-refractivity contribution in [3.63, 3.8) is 0 Å². The Kier molecular flexibility index (Phi) is 7.22. The fraction of sp³-hybridized carbons (Fsp3) is 0.458. The van der Waals surface area contributed by atoms with Gasteiger partial charge in [-0.25, -0.2) is 0 Å². The van der Waals surface area contributed by atoms with Crippen LogP contribution in [0.4, 0.5) is 5.69 Å². The molecule has 2 aliphatic rings. The Morgan fingerprint density at radius 2 is 1.97 bits per heavy atom. The van der Waals surface area contributed by atoms with Gasteiger partial charge in [-0.3, -0.25) is 14.6 Å². The second kappa shape index (κ2) is 10.3. The standard InChI is InChI=1S/C24H30N4O5/c1-28(2)13-23(31)27-16-3-4-20-18(9-16)19-10-17(32-21(14-29)24(19)33-20)11-22(30)26-12-15-5-7-25-8-6-15/h3-9,17,19,21,24,29H,10-14H2,1-2H3,(H,26,30)(H,27,31)/t17-,19-,21+,24+/m0/s1. The molecule has 0 radical (unpaired) electrons. The first-order chi connectivity index (χ1) is 15.9. The molecular formula is C24H30N4O5. The third-order valence-electron chi connectivity index (χ3n) is 5.90. The van der Waals surface area contributed by atoms with E-state index in [9.17, 15) is 14.7 Å². The molecule has 3 N–H and O–H groups in total. The molecule has 9 heteroatoms. The summed E-state index contributed by atoms with van der Waals surface area (Å²) in [4.78, 5) is 30.5. The lowest BCUT2D eigenvalue weighted by atomic mass is 9.84. The number of aromatic nitrogens is 1. The number of carbonyl (C=O) groups excluding carboxylic acids is 2. The van der Waals surface area contributed by atoms with Gasteiger partial charge in [-0.05, 0) is 56.4 Å². The zero-order valence-corrected chi connectivity index (χ0v) is 18.9. The number of aliphatic hydroxyl groups excluding tert-OH is 1. The number of fused-ring (bicyclic) bond motifs is 3. The third kappa shape index (κ3) is 5.68. The van der Waals surface area contributed by atoms with Gasteiger partial charge in [-0.15, -0.1) is 0 Å². The smallest absolute Gasteiger partial charge is 0.238 e. The Morgan fingerprint density at radius 1 is 1.18 bits per heavy atom. The number of pyridine rings is 1. The first-order valence-electron chi connectivity index (χ1n) is 11.1. The quantitative estimate of drug-likeness (QED) is 0.551. The van der Waals surface area contributed by atoms with Crippen molar-refractivity contribution in [2.75, 3.05) is 32.6 Å². The topological polar surface area (TPSA) is 113 Å². The van der Waals surface area contributed by atoms with Crippen LogP contribution in [0.2, 0.25) is 0 Å². The van der Waals surface area contributed by atoms with Crippen molar-refractivity contribution < 1.29 is 24.2 Å². The Labute approximate surface area is 193 Å². The van der Waals surface area contributed by atoms with Gasteiger partial charge in [-0.1, -0.05) is 0 Å². The molecule has 4 rings (SSSR count). The summed E-state index contributed by atoms with van der Waals surface area (Å²) in [6.07, 6.45) is 2.96. The van der Waals surface area contributed by atoms with E-state index < -0.39 is 6.10 Å². The molecule has 0 bridgehead atoms. The van der Waals surface area contributed by atoms with E-state index in [0.717, 1.165) is 16.9 Å². The highest BCUT2D eigenvalue weighted by molar-refractivity contribution is 5.92. The highest BCUT2D eigenvalue weighted by Gasteiger charge is 2.46. The van der Waals surface area contributed by atoms with Crippen LogP contribution in [0.5, 0.6) is 5.75 Å². The number of hydrogen-bond acceptors (Lipinski definition) is 7. The SMILES string of the molecule is CN(C)CC(=O)Nc1ccc2c(c1)[C@@H]1C[C@@H](CC(=O)NCc3ccncc3)O[C@H](CO)[C@@H]1O2. The zero-order valence-electron chi connectivity index (χ0n) is 18.9. The molecule has 0 aliphatic carbocycles. The number of nitrogens with one attached hydrogen (secondary N) is 2. The minimum atomic E-state index is -0.527. The molecule has 1 fully saturated rings. The summed E-state index contributed by atoms with van der Waals surface area (Å²) in [5, 5.41) is 15.7. The van der Waals surface area contributed by atoms with E-state index in [-0.39, 0.29) is 49.5 Å². The molecule has 2 aliphatic heterocycles. The molecule has 33 heavy (non-hydrogen) atoms. The molecule has 0 unspecified atom stereocenters. The highest BCUT2D eigenvalue weighted by Crippen LogP contribution is 2.47. The van der Waals surface area contributed by atoms with Crippen molar-refractivity contribution in [3.8, 4) is 5.75 Å². The summed E-state index contributed by atoms with van der Waals surface area (Å²) >= 11 is 0. The number of benzene rings is 1.